The van der Waals surface area contributed by atoms with Crippen LogP contribution in [0.25, 0.3) is 10.9 Å². The lowest BCUT2D eigenvalue weighted by atomic mass is 9.92. The van der Waals surface area contributed by atoms with Crippen molar-refractivity contribution in [2.45, 2.75) is 51.1 Å². The van der Waals surface area contributed by atoms with E-state index in [1.807, 2.05) is 41.2 Å². The summed E-state index contributed by atoms with van der Waals surface area (Å²) in [5, 5.41) is 14.7. The molecule has 0 bridgehead atoms. The van der Waals surface area contributed by atoms with Crippen LogP contribution in [0.2, 0.25) is 0 Å². The smallest absolute Gasteiger partial charge is 0.237 e. The molecule has 3 aromatic heterocycles. The molecule has 60 heavy (non-hydrogen) atoms. The Labute approximate surface area is 346 Å². The van der Waals surface area contributed by atoms with E-state index in [0.717, 1.165) is 90.5 Å². The number of nitrogens with zero attached hydrogens (tertiary/aromatic N) is 9. The van der Waals surface area contributed by atoms with Crippen molar-refractivity contribution < 1.29 is 23.5 Å². The minimum atomic E-state index is -0.452. The number of halogens is 1. The van der Waals surface area contributed by atoms with Crippen LogP contribution >= 0.6 is 0 Å². The van der Waals surface area contributed by atoms with Gasteiger partial charge in [0.25, 0.3) is 0 Å². The van der Waals surface area contributed by atoms with E-state index >= 15 is 4.39 Å². The van der Waals surface area contributed by atoms with Crippen LogP contribution < -0.4 is 30.5 Å². The van der Waals surface area contributed by atoms with E-state index in [1.165, 1.54) is 6.07 Å². The second kappa shape index (κ2) is 15.3. The zero-order valence-corrected chi connectivity index (χ0v) is 33.7. The third-order valence-corrected chi connectivity index (χ3v) is 12.7. The minimum Gasteiger partial charge on any atom is -0.474 e. The molecule has 5 aliphatic heterocycles. The summed E-state index contributed by atoms with van der Waals surface area (Å²) in [7, 11) is 1.90. The number of aromatic nitrogens is 5. The Morgan fingerprint density at radius 3 is 2.67 bits per heavy atom. The van der Waals surface area contributed by atoms with E-state index in [9.17, 15) is 14.4 Å². The molecule has 3 saturated heterocycles. The summed E-state index contributed by atoms with van der Waals surface area (Å²) >= 11 is 0. The summed E-state index contributed by atoms with van der Waals surface area (Å²) < 4.78 is 23.0. The Hall–Kier alpha value is -6.36. The molecule has 3 N–H and O–H groups in total. The molecule has 8 heterocycles. The standard InChI is InChI=1S/C43H47FN12O4/c1-25-35(21-46-42-38(25)45-11-17-60-42)55-12-10-27-20-47-43(49-33(27)24-55)48-28-7-6-26(32(44)19-28)18-37(58)54-15-13-53(14-16-54)29-22-56(23-29)34-5-3-4-30-39(51-52(2)40(30)34)31-8-9-36(57)50-41(31)59/h3-7,19-21,29,31,45H,8-18,22-24H2,1-2H3,(H,47,48,49)(H,50,57,59). The quantitative estimate of drug-likeness (QED) is 0.196. The number of amides is 3. The van der Waals surface area contributed by atoms with Gasteiger partial charge in [0.05, 0.1) is 53.4 Å². The van der Waals surface area contributed by atoms with Crippen LogP contribution in [-0.4, -0.2) is 117 Å². The Morgan fingerprint density at radius 1 is 1.00 bits per heavy atom. The van der Waals surface area contributed by atoms with Crippen LogP contribution in [0.3, 0.4) is 0 Å². The molecule has 17 heteroatoms. The van der Waals surface area contributed by atoms with Crippen molar-refractivity contribution >= 4 is 57.3 Å². The lowest BCUT2D eigenvalue weighted by molar-refractivity contribution is -0.134. The first-order valence-corrected chi connectivity index (χ1v) is 20.7. The first-order chi connectivity index (χ1) is 29.2. The Kier molecular flexibility index (Phi) is 9.69. The molecule has 5 aromatic rings. The summed E-state index contributed by atoms with van der Waals surface area (Å²) in [4.78, 5) is 60.5. The molecule has 0 saturated carbocycles. The predicted octanol–water partition coefficient (Wildman–Crippen LogP) is 3.41. The number of anilines is 5. The molecule has 3 amide bonds. The molecule has 0 aliphatic carbocycles. The maximum atomic E-state index is 15.5. The van der Waals surface area contributed by atoms with Crippen LogP contribution in [0, 0.1) is 12.7 Å². The van der Waals surface area contributed by atoms with Gasteiger partial charge in [-0.2, -0.15) is 5.10 Å². The number of benzene rings is 2. The molecular weight excluding hydrogens is 768 g/mol. The second-order valence-corrected chi connectivity index (χ2v) is 16.3. The van der Waals surface area contributed by atoms with E-state index in [0.29, 0.717) is 73.9 Å². The van der Waals surface area contributed by atoms with Crippen molar-refractivity contribution in [1.29, 1.82) is 0 Å². The van der Waals surface area contributed by atoms with Crippen LogP contribution in [-0.2, 0) is 40.8 Å². The second-order valence-electron chi connectivity index (χ2n) is 16.3. The number of nitrogens with one attached hydrogen (secondary N) is 3. The number of imide groups is 1. The summed E-state index contributed by atoms with van der Waals surface area (Å²) in [6.45, 7) is 9.18. The fourth-order valence-electron chi connectivity index (χ4n) is 9.30. The number of para-hydroxylation sites is 1. The molecule has 0 radical (unpaired) electrons. The van der Waals surface area contributed by atoms with Crippen LogP contribution in [0.5, 0.6) is 5.88 Å². The van der Waals surface area contributed by atoms with Crippen molar-refractivity contribution in [3.05, 3.63) is 82.7 Å². The number of piperazine rings is 1. The van der Waals surface area contributed by atoms with Gasteiger partial charge in [0, 0.05) is 94.7 Å². The average Bonchev–Trinajstić information content (AvgIpc) is 3.57. The van der Waals surface area contributed by atoms with Gasteiger partial charge in [0.1, 0.15) is 18.1 Å². The average molecular weight is 815 g/mol. The molecule has 1 unspecified atom stereocenters. The molecular formula is C43H47FN12O4. The topological polar surface area (TPSA) is 166 Å². The van der Waals surface area contributed by atoms with Crippen molar-refractivity contribution in [1.82, 2.24) is 39.8 Å². The number of pyridine rings is 1. The van der Waals surface area contributed by atoms with Gasteiger partial charge < -0.3 is 30.1 Å². The highest BCUT2D eigenvalue weighted by Gasteiger charge is 2.37. The fourth-order valence-corrected chi connectivity index (χ4v) is 9.30. The molecule has 10 rings (SSSR count). The van der Waals surface area contributed by atoms with Gasteiger partial charge >= 0.3 is 0 Å². The number of carbonyl (C=O) groups excluding carboxylic acids is 3. The number of hydrogen-bond donors (Lipinski definition) is 3. The zero-order valence-electron chi connectivity index (χ0n) is 33.7. The molecule has 3 fully saturated rings. The maximum absolute atomic E-state index is 15.5. The zero-order chi connectivity index (χ0) is 41.1. The van der Waals surface area contributed by atoms with Gasteiger partial charge in [-0.05, 0) is 49.1 Å². The summed E-state index contributed by atoms with van der Waals surface area (Å²) in [5.74, 6) is -0.497. The molecule has 16 nitrogen and oxygen atoms in total. The number of fused-ring (bicyclic) bond motifs is 3. The number of hydrogen-bond acceptors (Lipinski definition) is 13. The van der Waals surface area contributed by atoms with E-state index in [4.69, 9.17) is 14.8 Å². The van der Waals surface area contributed by atoms with E-state index in [2.05, 4.69) is 53.6 Å². The summed E-state index contributed by atoms with van der Waals surface area (Å²) in [5.41, 5.74) is 8.66. The normalized spacial score (nSPS) is 19.6. The molecule has 310 valence electrons. The highest BCUT2D eigenvalue weighted by atomic mass is 19.1. The summed E-state index contributed by atoms with van der Waals surface area (Å²) in [6, 6.07) is 11.3. The van der Waals surface area contributed by atoms with Gasteiger partial charge in [-0.3, -0.25) is 29.3 Å². The lowest BCUT2D eigenvalue weighted by Crippen LogP contribution is -2.63. The van der Waals surface area contributed by atoms with Gasteiger partial charge in [-0.25, -0.2) is 19.3 Å². The van der Waals surface area contributed by atoms with Crippen LogP contribution in [0.1, 0.15) is 46.8 Å². The number of rotatable bonds is 8. The van der Waals surface area contributed by atoms with Crippen molar-refractivity contribution in [3.8, 4) is 5.88 Å². The number of piperidine rings is 1. The Balaban J connectivity index is 0.721. The van der Waals surface area contributed by atoms with E-state index in [-0.39, 0.29) is 24.1 Å². The summed E-state index contributed by atoms with van der Waals surface area (Å²) in [6.07, 6.45) is 5.25. The number of ether oxygens (including phenoxy) is 1. The first-order valence-electron chi connectivity index (χ1n) is 20.7. The van der Waals surface area contributed by atoms with E-state index < -0.39 is 11.7 Å². The van der Waals surface area contributed by atoms with Gasteiger partial charge in [0.15, 0.2) is 0 Å². The van der Waals surface area contributed by atoms with Crippen molar-refractivity contribution in [2.75, 3.05) is 79.4 Å². The van der Waals surface area contributed by atoms with E-state index in [1.54, 1.807) is 12.1 Å². The van der Waals surface area contributed by atoms with Crippen molar-refractivity contribution in [3.63, 3.8) is 0 Å². The number of aryl methyl sites for hydroxylation is 1. The maximum Gasteiger partial charge on any atom is 0.237 e. The van der Waals surface area contributed by atoms with Gasteiger partial charge in [-0.15, -0.1) is 0 Å². The van der Waals surface area contributed by atoms with Gasteiger partial charge in [0.2, 0.25) is 29.5 Å². The minimum absolute atomic E-state index is 0.0113. The van der Waals surface area contributed by atoms with Crippen LogP contribution in [0.15, 0.2) is 48.8 Å². The SMILES string of the molecule is Cc1c(N2CCc3cnc(Nc4ccc(CC(=O)N5CCN(C6CN(c7cccc8c(C9CCC(=O)NC9=O)nn(C)c78)C6)CC5)c(F)c4)nc3C2)cnc2c1NCCO2. The Morgan fingerprint density at radius 2 is 1.85 bits per heavy atom. The first kappa shape index (κ1) is 37.9. The third-order valence-electron chi connectivity index (χ3n) is 12.7. The highest BCUT2D eigenvalue weighted by Crippen LogP contribution is 2.38. The molecule has 2 aromatic carbocycles. The predicted molar refractivity (Wildman–Crippen MR) is 223 cm³/mol. The van der Waals surface area contributed by atoms with Crippen molar-refractivity contribution in [2.24, 2.45) is 7.05 Å². The third kappa shape index (κ3) is 6.99. The Bertz CT molecular complexity index is 2530. The van der Waals surface area contributed by atoms with Crippen LogP contribution in [0.4, 0.5) is 33.1 Å². The lowest BCUT2D eigenvalue weighted by Gasteiger charge is -2.49. The highest BCUT2D eigenvalue weighted by molar-refractivity contribution is 6.03. The van der Waals surface area contributed by atoms with Gasteiger partial charge in [-0.1, -0.05) is 18.2 Å². The molecule has 1 atom stereocenters. The molecule has 5 aliphatic rings. The molecule has 0 spiro atoms. The fraction of sp³-hybridized carbons (Fsp3) is 0.419. The largest absolute Gasteiger partial charge is 0.474 e. The monoisotopic (exact) mass is 814 g/mol. The number of carbonyl (C=O) groups is 3.